The lowest BCUT2D eigenvalue weighted by Crippen LogP contribution is -2.28. The molecule has 1 aromatic carbocycles. The van der Waals surface area contributed by atoms with Crippen LogP contribution in [0.15, 0.2) is 18.2 Å². The van der Waals surface area contributed by atoms with Crippen LogP contribution in [0.4, 0.5) is 4.79 Å². The Kier molecular flexibility index (Phi) is 4.04. The number of amides is 1. The standard InChI is InChI=1S/C13H17NO4/c1-2-17-13(16)14-8-11(15)9-3-4-12-10(7-9)5-6-18-12/h3-4,7,11,15H,2,5-6,8H2,1H3,(H,14,16). The molecule has 0 saturated heterocycles. The first-order valence-corrected chi connectivity index (χ1v) is 6.05. The normalized spacial score (nSPS) is 14.6. The van der Waals surface area contributed by atoms with Gasteiger partial charge in [-0.1, -0.05) is 6.07 Å². The van der Waals surface area contributed by atoms with Crippen LogP contribution in [-0.2, 0) is 11.2 Å². The van der Waals surface area contributed by atoms with Crippen LogP contribution in [0.2, 0.25) is 0 Å². The van der Waals surface area contributed by atoms with Gasteiger partial charge >= 0.3 is 6.09 Å². The summed E-state index contributed by atoms with van der Waals surface area (Å²) in [6.07, 6.45) is -0.386. The van der Waals surface area contributed by atoms with Crippen molar-refractivity contribution in [3.05, 3.63) is 29.3 Å². The Morgan fingerprint density at radius 2 is 2.44 bits per heavy atom. The smallest absolute Gasteiger partial charge is 0.407 e. The van der Waals surface area contributed by atoms with Gasteiger partial charge in [0.15, 0.2) is 0 Å². The number of carbonyl (C=O) groups excluding carboxylic acids is 1. The molecular weight excluding hydrogens is 234 g/mol. The minimum atomic E-state index is -0.736. The zero-order valence-electron chi connectivity index (χ0n) is 10.3. The summed E-state index contributed by atoms with van der Waals surface area (Å²) in [7, 11) is 0. The lowest BCUT2D eigenvalue weighted by Gasteiger charge is -2.13. The van der Waals surface area contributed by atoms with Gasteiger partial charge in [0, 0.05) is 6.42 Å². The second-order valence-electron chi connectivity index (χ2n) is 4.08. The quantitative estimate of drug-likeness (QED) is 0.848. The van der Waals surface area contributed by atoms with E-state index in [0.717, 1.165) is 23.3 Å². The van der Waals surface area contributed by atoms with Crippen LogP contribution in [-0.4, -0.2) is 31.0 Å². The van der Waals surface area contributed by atoms with Crippen LogP contribution in [0.1, 0.15) is 24.2 Å². The van der Waals surface area contributed by atoms with E-state index in [1.807, 2.05) is 18.2 Å². The molecule has 1 aromatic rings. The molecular formula is C13H17NO4. The second kappa shape index (κ2) is 5.73. The number of rotatable bonds is 4. The highest BCUT2D eigenvalue weighted by molar-refractivity contribution is 5.67. The zero-order chi connectivity index (χ0) is 13.0. The highest BCUT2D eigenvalue weighted by Crippen LogP contribution is 2.27. The number of ether oxygens (including phenoxy) is 2. The number of hydrogen-bond donors (Lipinski definition) is 2. The first-order chi connectivity index (χ1) is 8.70. The molecule has 1 aliphatic heterocycles. The first kappa shape index (κ1) is 12.7. The van der Waals surface area contributed by atoms with Crippen molar-refractivity contribution in [2.45, 2.75) is 19.4 Å². The Balaban J connectivity index is 1.92. The largest absolute Gasteiger partial charge is 0.493 e. The number of carbonyl (C=O) groups is 1. The molecule has 1 amide bonds. The van der Waals surface area contributed by atoms with Crippen molar-refractivity contribution in [3.8, 4) is 5.75 Å². The minimum Gasteiger partial charge on any atom is -0.493 e. The highest BCUT2D eigenvalue weighted by Gasteiger charge is 2.16. The molecule has 2 N–H and O–H groups in total. The van der Waals surface area contributed by atoms with Crippen molar-refractivity contribution in [2.75, 3.05) is 19.8 Å². The predicted molar refractivity (Wildman–Crippen MR) is 65.6 cm³/mol. The molecule has 1 aliphatic rings. The lowest BCUT2D eigenvalue weighted by molar-refractivity contribution is 0.135. The number of aliphatic hydroxyl groups is 1. The highest BCUT2D eigenvalue weighted by atomic mass is 16.5. The van der Waals surface area contributed by atoms with E-state index in [4.69, 9.17) is 9.47 Å². The van der Waals surface area contributed by atoms with Crippen molar-refractivity contribution in [2.24, 2.45) is 0 Å². The van der Waals surface area contributed by atoms with Crippen molar-refractivity contribution in [1.82, 2.24) is 5.32 Å². The fraction of sp³-hybridized carbons (Fsp3) is 0.462. The minimum absolute atomic E-state index is 0.137. The molecule has 1 heterocycles. The van der Waals surface area contributed by atoms with E-state index < -0.39 is 12.2 Å². The molecule has 2 rings (SSSR count). The van der Waals surface area contributed by atoms with Gasteiger partial charge in [0.1, 0.15) is 5.75 Å². The first-order valence-electron chi connectivity index (χ1n) is 6.05. The van der Waals surface area contributed by atoms with Crippen LogP contribution in [0.5, 0.6) is 5.75 Å². The molecule has 0 saturated carbocycles. The average Bonchev–Trinajstić information content (AvgIpc) is 2.83. The summed E-state index contributed by atoms with van der Waals surface area (Å²) in [6, 6.07) is 5.58. The molecule has 5 nitrogen and oxygen atoms in total. The number of nitrogens with one attached hydrogen (secondary N) is 1. The van der Waals surface area contributed by atoms with E-state index in [-0.39, 0.29) is 6.54 Å². The maximum absolute atomic E-state index is 11.1. The summed E-state index contributed by atoms with van der Waals surface area (Å²) >= 11 is 0. The Labute approximate surface area is 106 Å². The summed E-state index contributed by atoms with van der Waals surface area (Å²) < 4.78 is 10.1. The van der Waals surface area contributed by atoms with Gasteiger partial charge in [0.2, 0.25) is 0 Å². The maximum atomic E-state index is 11.1. The number of aliphatic hydroxyl groups excluding tert-OH is 1. The average molecular weight is 251 g/mol. The van der Waals surface area contributed by atoms with Crippen LogP contribution in [0.3, 0.4) is 0 Å². The molecule has 0 radical (unpaired) electrons. The summed E-state index contributed by atoms with van der Waals surface area (Å²) in [5.41, 5.74) is 1.87. The SMILES string of the molecule is CCOC(=O)NCC(O)c1ccc2c(c1)CCO2. The van der Waals surface area contributed by atoms with Crippen LogP contribution < -0.4 is 10.1 Å². The van der Waals surface area contributed by atoms with Crippen molar-refractivity contribution >= 4 is 6.09 Å². The third-order valence-corrected chi connectivity index (χ3v) is 2.81. The fourth-order valence-electron chi connectivity index (χ4n) is 1.89. The van der Waals surface area contributed by atoms with Gasteiger partial charge in [-0.25, -0.2) is 4.79 Å². The van der Waals surface area contributed by atoms with Gasteiger partial charge in [-0.3, -0.25) is 0 Å². The second-order valence-corrected chi connectivity index (χ2v) is 4.08. The van der Waals surface area contributed by atoms with Crippen molar-refractivity contribution in [1.29, 1.82) is 0 Å². The number of benzene rings is 1. The van der Waals surface area contributed by atoms with Crippen LogP contribution in [0.25, 0.3) is 0 Å². The van der Waals surface area contributed by atoms with Crippen molar-refractivity contribution in [3.63, 3.8) is 0 Å². The molecule has 18 heavy (non-hydrogen) atoms. The van der Waals surface area contributed by atoms with Gasteiger partial charge < -0.3 is 19.9 Å². The molecule has 0 aliphatic carbocycles. The van der Waals surface area contributed by atoms with E-state index in [0.29, 0.717) is 13.2 Å². The lowest BCUT2D eigenvalue weighted by atomic mass is 10.0. The van der Waals surface area contributed by atoms with Gasteiger partial charge in [0.25, 0.3) is 0 Å². The molecule has 5 heteroatoms. The fourth-order valence-corrected chi connectivity index (χ4v) is 1.89. The Morgan fingerprint density at radius 1 is 1.61 bits per heavy atom. The van der Waals surface area contributed by atoms with Crippen LogP contribution >= 0.6 is 0 Å². The van der Waals surface area contributed by atoms with Gasteiger partial charge in [-0.15, -0.1) is 0 Å². The molecule has 0 bridgehead atoms. The monoisotopic (exact) mass is 251 g/mol. The number of fused-ring (bicyclic) bond motifs is 1. The van der Waals surface area contributed by atoms with E-state index in [1.54, 1.807) is 6.92 Å². The Hall–Kier alpha value is -1.75. The predicted octanol–water partition coefficient (Wildman–Crippen LogP) is 1.40. The van der Waals surface area contributed by atoms with Crippen molar-refractivity contribution < 1.29 is 19.4 Å². The third-order valence-electron chi connectivity index (χ3n) is 2.81. The van der Waals surface area contributed by atoms with Gasteiger partial charge in [-0.05, 0) is 30.2 Å². The summed E-state index contributed by atoms with van der Waals surface area (Å²) in [6.45, 7) is 2.88. The molecule has 0 spiro atoms. The van der Waals surface area contributed by atoms with Crippen LogP contribution in [0, 0.1) is 0 Å². The van der Waals surface area contributed by atoms with E-state index in [1.165, 1.54) is 0 Å². The van der Waals surface area contributed by atoms with E-state index in [2.05, 4.69) is 5.32 Å². The molecule has 1 unspecified atom stereocenters. The Bertz CT molecular complexity index is 433. The molecule has 0 aromatic heterocycles. The third kappa shape index (κ3) is 2.92. The maximum Gasteiger partial charge on any atom is 0.407 e. The van der Waals surface area contributed by atoms with E-state index >= 15 is 0 Å². The molecule has 98 valence electrons. The van der Waals surface area contributed by atoms with Gasteiger partial charge in [-0.2, -0.15) is 0 Å². The van der Waals surface area contributed by atoms with E-state index in [9.17, 15) is 9.90 Å². The number of hydrogen-bond acceptors (Lipinski definition) is 4. The summed E-state index contributed by atoms with van der Waals surface area (Å²) in [5.74, 6) is 0.879. The number of alkyl carbamates (subject to hydrolysis) is 1. The Morgan fingerprint density at radius 3 is 3.22 bits per heavy atom. The summed E-state index contributed by atoms with van der Waals surface area (Å²) in [5, 5.41) is 12.5. The topological polar surface area (TPSA) is 67.8 Å². The molecule has 1 atom stereocenters. The molecule has 0 fully saturated rings. The zero-order valence-corrected chi connectivity index (χ0v) is 10.3. The summed E-state index contributed by atoms with van der Waals surface area (Å²) in [4.78, 5) is 11.1. The van der Waals surface area contributed by atoms with Gasteiger partial charge in [0.05, 0.1) is 25.9 Å².